The lowest BCUT2D eigenvalue weighted by atomic mass is 9.62. The first kappa shape index (κ1) is 27.1. The van der Waals surface area contributed by atoms with E-state index in [9.17, 15) is 19.5 Å². The van der Waals surface area contributed by atoms with Gasteiger partial charge in [0.15, 0.2) is 0 Å². The highest BCUT2D eigenvalue weighted by molar-refractivity contribution is 6.05. The van der Waals surface area contributed by atoms with Gasteiger partial charge in [0.25, 0.3) is 0 Å². The number of fused-ring (bicyclic) bond motifs is 1. The molecule has 3 fully saturated rings. The summed E-state index contributed by atoms with van der Waals surface area (Å²) in [6.45, 7) is 4.35. The molecular formula is C30H37N3O6. The number of carbonyl (C=O) groups excluding carboxylic acids is 3. The molecule has 5 rings (SSSR count). The molecule has 2 bridgehead atoms. The van der Waals surface area contributed by atoms with Crippen molar-refractivity contribution < 1.29 is 29.0 Å². The Balaban J connectivity index is 1.48. The maximum absolute atomic E-state index is 14.1. The van der Waals surface area contributed by atoms with Gasteiger partial charge >= 0.3 is 0 Å². The molecule has 6 atom stereocenters. The Bertz CT molecular complexity index is 1220. The molecule has 3 N–H and O–H groups in total. The molecule has 0 aliphatic carbocycles. The highest BCUT2D eigenvalue weighted by Crippen LogP contribution is 2.65. The summed E-state index contributed by atoms with van der Waals surface area (Å²) in [7, 11) is 1.58. The zero-order valence-electron chi connectivity index (χ0n) is 22.7. The summed E-state index contributed by atoms with van der Waals surface area (Å²) in [5.41, 5.74) is -0.771. The van der Waals surface area contributed by atoms with Gasteiger partial charge in [-0.1, -0.05) is 25.1 Å². The lowest BCUT2D eigenvalue weighted by molar-refractivity contribution is -0.144. The Kier molecular flexibility index (Phi) is 7.39. The normalized spacial score (nSPS) is 30.8. The number of rotatable bonds is 10. The monoisotopic (exact) mass is 535 g/mol. The van der Waals surface area contributed by atoms with Gasteiger partial charge in [0.2, 0.25) is 17.7 Å². The number of amides is 3. The van der Waals surface area contributed by atoms with E-state index in [0.717, 1.165) is 6.42 Å². The zero-order chi connectivity index (χ0) is 27.8. The minimum atomic E-state index is -1.11. The number of carbonyl (C=O) groups is 3. The number of anilines is 2. The number of methoxy groups -OCH3 is 1. The van der Waals surface area contributed by atoms with Crippen molar-refractivity contribution in [3.63, 3.8) is 0 Å². The average molecular weight is 536 g/mol. The van der Waals surface area contributed by atoms with E-state index >= 15 is 0 Å². The first-order valence-electron chi connectivity index (χ1n) is 13.7. The van der Waals surface area contributed by atoms with Gasteiger partial charge in [-0.25, -0.2) is 0 Å². The maximum atomic E-state index is 14.1. The molecule has 3 unspecified atom stereocenters. The van der Waals surface area contributed by atoms with Crippen molar-refractivity contribution in [2.24, 2.45) is 17.8 Å². The van der Waals surface area contributed by atoms with Crippen LogP contribution >= 0.6 is 0 Å². The van der Waals surface area contributed by atoms with Crippen LogP contribution in [-0.4, -0.2) is 65.2 Å². The molecule has 2 aromatic rings. The van der Waals surface area contributed by atoms with E-state index < -0.39 is 29.1 Å². The number of likely N-dealkylation sites (tertiary alicyclic amines) is 1. The predicted molar refractivity (Wildman–Crippen MR) is 146 cm³/mol. The van der Waals surface area contributed by atoms with Crippen molar-refractivity contribution in [2.75, 3.05) is 30.9 Å². The number of hydrogen-bond acceptors (Lipinski definition) is 6. The van der Waals surface area contributed by atoms with E-state index in [-0.39, 0.29) is 30.2 Å². The third-order valence-electron chi connectivity index (χ3n) is 8.80. The van der Waals surface area contributed by atoms with Crippen LogP contribution in [0.3, 0.4) is 0 Å². The van der Waals surface area contributed by atoms with Crippen LogP contribution in [-0.2, 0) is 19.1 Å². The number of benzene rings is 2. The summed E-state index contributed by atoms with van der Waals surface area (Å²) in [5.74, 6) is -1.72. The topological polar surface area (TPSA) is 117 Å². The smallest absolute Gasteiger partial charge is 0.250 e. The Morgan fingerprint density at radius 2 is 1.69 bits per heavy atom. The van der Waals surface area contributed by atoms with Crippen molar-refractivity contribution in [3.8, 4) is 5.75 Å². The van der Waals surface area contributed by atoms with Crippen LogP contribution in [0.25, 0.3) is 0 Å². The molecule has 2 aromatic carbocycles. The van der Waals surface area contributed by atoms with E-state index in [1.165, 1.54) is 0 Å². The predicted octanol–water partition coefficient (Wildman–Crippen LogP) is 3.45. The largest absolute Gasteiger partial charge is 0.497 e. The molecule has 3 amide bonds. The number of para-hydroxylation sites is 1. The summed E-state index contributed by atoms with van der Waals surface area (Å²) >= 11 is 0. The number of nitrogens with zero attached hydrogens (tertiary/aromatic N) is 1. The summed E-state index contributed by atoms with van der Waals surface area (Å²) in [6, 6.07) is 15.3. The highest BCUT2D eigenvalue weighted by atomic mass is 16.5. The molecule has 3 saturated heterocycles. The Morgan fingerprint density at radius 3 is 2.36 bits per heavy atom. The molecule has 3 aliphatic rings. The molecule has 3 heterocycles. The number of aliphatic hydroxyl groups is 1. The highest BCUT2D eigenvalue weighted by Gasteiger charge is 2.79. The minimum absolute atomic E-state index is 0.0429. The molecule has 0 saturated carbocycles. The molecule has 1 spiro atoms. The van der Waals surface area contributed by atoms with Crippen molar-refractivity contribution in [3.05, 3.63) is 54.6 Å². The number of aliphatic hydroxyl groups excluding tert-OH is 1. The quantitative estimate of drug-likeness (QED) is 0.401. The summed E-state index contributed by atoms with van der Waals surface area (Å²) in [4.78, 5) is 43.5. The van der Waals surface area contributed by atoms with E-state index in [1.54, 1.807) is 36.3 Å². The fraction of sp³-hybridized carbons (Fsp3) is 0.500. The molecule has 208 valence electrons. The van der Waals surface area contributed by atoms with E-state index in [0.29, 0.717) is 42.9 Å². The summed E-state index contributed by atoms with van der Waals surface area (Å²) in [6.07, 6.45) is 2.47. The average Bonchev–Trinajstić information content (AvgIpc) is 3.44. The van der Waals surface area contributed by atoms with Gasteiger partial charge in [-0.3, -0.25) is 14.4 Å². The number of nitrogens with one attached hydrogen (secondary N) is 2. The standard InChI is InChI=1S/C30H37N3O6/c1-19-18-30-24(23(29(19,2)39-30)26(35)31-20-10-6-4-7-11-20)28(37)33(16-8-5-9-17-34)25(30)27(36)32-21-12-14-22(38-3)15-13-21/h4,6-7,10-15,19,23-25,34H,5,8-9,16-18H2,1-3H3,(H,31,35)(H,32,36)/t19?,23-,24-,25?,29+,30?/m0/s1. The van der Waals surface area contributed by atoms with E-state index in [2.05, 4.69) is 10.6 Å². The Hall–Kier alpha value is -3.43. The first-order valence-corrected chi connectivity index (χ1v) is 13.7. The lowest BCUT2D eigenvalue weighted by Crippen LogP contribution is -2.54. The van der Waals surface area contributed by atoms with Crippen molar-refractivity contribution >= 4 is 29.1 Å². The van der Waals surface area contributed by atoms with Gasteiger partial charge < -0.3 is 30.1 Å². The Morgan fingerprint density at radius 1 is 1.03 bits per heavy atom. The van der Waals surface area contributed by atoms with Crippen LogP contribution in [0, 0.1) is 17.8 Å². The fourth-order valence-corrected chi connectivity index (χ4v) is 6.88. The van der Waals surface area contributed by atoms with Crippen LogP contribution in [0.5, 0.6) is 5.75 Å². The van der Waals surface area contributed by atoms with Crippen LogP contribution < -0.4 is 15.4 Å². The van der Waals surface area contributed by atoms with E-state index in [4.69, 9.17) is 9.47 Å². The third kappa shape index (κ3) is 4.57. The molecule has 39 heavy (non-hydrogen) atoms. The van der Waals surface area contributed by atoms with E-state index in [1.807, 2.05) is 44.2 Å². The van der Waals surface area contributed by atoms with Crippen molar-refractivity contribution in [1.82, 2.24) is 4.90 Å². The van der Waals surface area contributed by atoms with Crippen molar-refractivity contribution in [2.45, 2.75) is 56.8 Å². The Labute approximate surface area is 228 Å². The second kappa shape index (κ2) is 10.6. The molecule has 0 aromatic heterocycles. The number of ether oxygens (including phenoxy) is 2. The first-order chi connectivity index (χ1) is 18.7. The van der Waals surface area contributed by atoms with Gasteiger partial charge in [0, 0.05) is 24.5 Å². The van der Waals surface area contributed by atoms with Crippen LogP contribution in [0.15, 0.2) is 54.6 Å². The molecule has 9 heteroatoms. The second-order valence-corrected chi connectivity index (χ2v) is 11.1. The second-order valence-electron chi connectivity index (χ2n) is 11.1. The van der Waals surface area contributed by atoms with Crippen LogP contribution in [0.4, 0.5) is 11.4 Å². The fourth-order valence-electron chi connectivity index (χ4n) is 6.88. The summed E-state index contributed by atoms with van der Waals surface area (Å²) < 4.78 is 12.0. The van der Waals surface area contributed by atoms with Gasteiger partial charge in [-0.2, -0.15) is 0 Å². The molecule has 9 nitrogen and oxygen atoms in total. The maximum Gasteiger partial charge on any atom is 0.250 e. The van der Waals surface area contributed by atoms with Gasteiger partial charge in [0.05, 0.1) is 24.5 Å². The van der Waals surface area contributed by atoms with Crippen molar-refractivity contribution in [1.29, 1.82) is 0 Å². The minimum Gasteiger partial charge on any atom is -0.497 e. The SMILES string of the molecule is COc1ccc(NC(=O)C2N(CCCCCO)C(=O)[C@@H]3[C@@H](C(=O)Nc4ccccc4)[C@]4(C)OC23CC4C)cc1. The zero-order valence-corrected chi connectivity index (χ0v) is 22.7. The van der Waals surface area contributed by atoms with Gasteiger partial charge in [-0.05, 0) is 74.9 Å². The molecular weight excluding hydrogens is 498 g/mol. The van der Waals surface area contributed by atoms with Gasteiger partial charge in [0.1, 0.15) is 17.4 Å². The molecule has 0 radical (unpaired) electrons. The van der Waals surface area contributed by atoms with Gasteiger partial charge in [-0.15, -0.1) is 0 Å². The van der Waals surface area contributed by atoms with Crippen LogP contribution in [0.2, 0.25) is 0 Å². The summed E-state index contributed by atoms with van der Waals surface area (Å²) in [5, 5.41) is 15.2. The third-order valence-corrected chi connectivity index (χ3v) is 8.80. The number of hydrogen-bond donors (Lipinski definition) is 3. The number of unbranched alkanes of at least 4 members (excludes halogenated alkanes) is 2. The molecule has 3 aliphatic heterocycles. The van der Waals surface area contributed by atoms with Crippen LogP contribution in [0.1, 0.15) is 39.5 Å². The lowest BCUT2D eigenvalue weighted by Gasteiger charge is -2.36.